The van der Waals surface area contributed by atoms with E-state index < -0.39 is 0 Å². The lowest BCUT2D eigenvalue weighted by Crippen LogP contribution is -2.12. The maximum Gasteiger partial charge on any atom is 0.252 e. The standard InChI is InChI=1S/C21H19N5O2/c1-12-4-9-17-16(10-12)13(2)22-20(23-17)26-21-24-18(11-19(27)25-21)14-5-7-15(28-3)8-6-14/h4-11H,1-3H3,(H2,22,23,24,25,26,27). The molecular weight excluding hydrogens is 354 g/mol. The van der Waals surface area contributed by atoms with Gasteiger partial charge in [-0.2, -0.15) is 0 Å². The molecule has 0 aliphatic rings. The Bertz CT molecular complexity index is 1220. The number of aromatic amines is 1. The minimum atomic E-state index is -0.267. The molecule has 7 nitrogen and oxygen atoms in total. The van der Waals surface area contributed by atoms with Crippen LogP contribution in [0.4, 0.5) is 11.9 Å². The van der Waals surface area contributed by atoms with Crippen LogP contribution in [0, 0.1) is 13.8 Å². The van der Waals surface area contributed by atoms with Crippen LogP contribution in [0.1, 0.15) is 11.3 Å². The molecule has 0 radical (unpaired) electrons. The van der Waals surface area contributed by atoms with Crippen LogP contribution < -0.4 is 15.6 Å². The van der Waals surface area contributed by atoms with E-state index in [9.17, 15) is 4.79 Å². The summed E-state index contributed by atoms with van der Waals surface area (Å²) in [6, 6.07) is 14.8. The lowest BCUT2D eigenvalue weighted by atomic mass is 10.1. The van der Waals surface area contributed by atoms with Crippen molar-refractivity contribution in [1.29, 1.82) is 0 Å². The van der Waals surface area contributed by atoms with E-state index in [1.165, 1.54) is 6.07 Å². The topological polar surface area (TPSA) is 92.8 Å². The third-order valence-corrected chi connectivity index (χ3v) is 4.40. The smallest absolute Gasteiger partial charge is 0.252 e. The van der Waals surface area contributed by atoms with Crippen LogP contribution in [0.3, 0.4) is 0 Å². The maximum absolute atomic E-state index is 12.1. The predicted octanol–water partition coefficient (Wildman–Crippen LogP) is 3.75. The molecule has 2 N–H and O–H groups in total. The second-order valence-corrected chi connectivity index (χ2v) is 6.49. The Kier molecular flexibility index (Phi) is 4.49. The van der Waals surface area contributed by atoms with E-state index in [1.807, 2.05) is 50.2 Å². The van der Waals surface area contributed by atoms with Gasteiger partial charge in [-0.15, -0.1) is 0 Å². The minimum Gasteiger partial charge on any atom is -0.497 e. The largest absolute Gasteiger partial charge is 0.497 e. The fourth-order valence-corrected chi connectivity index (χ4v) is 2.98. The zero-order valence-corrected chi connectivity index (χ0v) is 15.8. The van der Waals surface area contributed by atoms with Crippen LogP contribution in [0.2, 0.25) is 0 Å². The first-order chi connectivity index (χ1) is 13.5. The van der Waals surface area contributed by atoms with Crippen LogP contribution in [-0.4, -0.2) is 27.0 Å². The number of nitrogens with zero attached hydrogens (tertiary/aromatic N) is 3. The van der Waals surface area contributed by atoms with Gasteiger partial charge in [0.25, 0.3) is 5.56 Å². The van der Waals surface area contributed by atoms with E-state index in [1.54, 1.807) is 7.11 Å². The van der Waals surface area contributed by atoms with Crippen molar-refractivity contribution in [3.8, 4) is 17.0 Å². The summed E-state index contributed by atoms with van der Waals surface area (Å²) in [7, 11) is 1.61. The van der Waals surface area contributed by atoms with Gasteiger partial charge >= 0.3 is 0 Å². The minimum absolute atomic E-state index is 0.267. The maximum atomic E-state index is 12.1. The van der Waals surface area contributed by atoms with E-state index in [0.717, 1.165) is 33.5 Å². The van der Waals surface area contributed by atoms with E-state index in [-0.39, 0.29) is 11.5 Å². The number of aromatic nitrogens is 4. The average molecular weight is 373 g/mol. The van der Waals surface area contributed by atoms with E-state index in [0.29, 0.717) is 11.6 Å². The molecule has 28 heavy (non-hydrogen) atoms. The van der Waals surface area contributed by atoms with Crippen molar-refractivity contribution >= 4 is 22.8 Å². The number of H-pyrrole nitrogens is 1. The van der Waals surface area contributed by atoms with Gasteiger partial charge < -0.3 is 4.74 Å². The van der Waals surface area contributed by atoms with Gasteiger partial charge in [0.2, 0.25) is 11.9 Å². The number of ether oxygens (including phenoxy) is 1. The molecule has 0 spiro atoms. The molecule has 0 fully saturated rings. The molecule has 0 saturated carbocycles. The SMILES string of the molecule is COc1ccc(-c2cc(=O)[nH]c(Nc3nc(C)c4cc(C)ccc4n3)n2)cc1. The number of aryl methyl sites for hydroxylation is 2. The summed E-state index contributed by atoms with van der Waals surface area (Å²) in [5.74, 6) is 1.40. The molecule has 0 amide bonds. The zero-order valence-electron chi connectivity index (χ0n) is 15.8. The first kappa shape index (κ1) is 17.7. The second kappa shape index (κ2) is 7.11. The molecule has 4 aromatic rings. The van der Waals surface area contributed by atoms with Crippen LogP contribution in [0.5, 0.6) is 5.75 Å². The van der Waals surface area contributed by atoms with E-state index in [2.05, 4.69) is 31.3 Å². The summed E-state index contributed by atoms with van der Waals surface area (Å²) in [5.41, 5.74) is 3.91. The third kappa shape index (κ3) is 3.55. The number of rotatable bonds is 4. The number of hydrogen-bond acceptors (Lipinski definition) is 6. The van der Waals surface area contributed by atoms with Crippen LogP contribution in [0.15, 0.2) is 53.3 Å². The number of fused-ring (bicyclic) bond motifs is 1. The summed E-state index contributed by atoms with van der Waals surface area (Å²) in [4.78, 5) is 28.3. The first-order valence-corrected chi connectivity index (χ1v) is 8.79. The summed E-state index contributed by atoms with van der Waals surface area (Å²) >= 11 is 0. The number of hydrogen-bond donors (Lipinski definition) is 2. The van der Waals surface area contributed by atoms with Gasteiger partial charge in [0.1, 0.15) is 5.75 Å². The summed E-state index contributed by atoms with van der Waals surface area (Å²) in [5, 5.41) is 4.01. The van der Waals surface area contributed by atoms with Crippen molar-refractivity contribution < 1.29 is 4.74 Å². The Labute approximate surface area is 161 Å². The highest BCUT2D eigenvalue weighted by molar-refractivity contribution is 5.82. The Morgan fingerprint density at radius 3 is 2.50 bits per heavy atom. The average Bonchev–Trinajstić information content (AvgIpc) is 2.68. The fraction of sp³-hybridized carbons (Fsp3) is 0.143. The summed E-state index contributed by atoms with van der Waals surface area (Å²) in [6.07, 6.45) is 0. The Balaban J connectivity index is 1.70. The molecule has 7 heteroatoms. The molecule has 2 heterocycles. The predicted molar refractivity (Wildman–Crippen MR) is 109 cm³/mol. The van der Waals surface area contributed by atoms with Gasteiger partial charge in [0.15, 0.2) is 0 Å². The van der Waals surface area contributed by atoms with Crippen molar-refractivity contribution in [2.75, 3.05) is 12.4 Å². The van der Waals surface area contributed by atoms with Crippen molar-refractivity contribution in [3.05, 3.63) is 70.1 Å². The second-order valence-electron chi connectivity index (χ2n) is 6.49. The summed E-state index contributed by atoms with van der Waals surface area (Å²) in [6.45, 7) is 3.96. The van der Waals surface area contributed by atoms with Gasteiger partial charge in [-0.25, -0.2) is 15.0 Å². The van der Waals surface area contributed by atoms with Crippen LogP contribution in [-0.2, 0) is 0 Å². The lowest BCUT2D eigenvalue weighted by Gasteiger charge is -2.09. The monoisotopic (exact) mass is 373 g/mol. The number of benzene rings is 2. The van der Waals surface area contributed by atoms with Crippen LogP contribution in [0.25, 0.3) is 22.2 Å². The third-order valence-electron chi connectivity index (χ3n) is 4.40. The normalized spacial score (nSPS) is 10.8. The molecule has 0 atom stereocenters. The molecule has 140 valence electrons. The molecule has 0 bridgehead atoms. The number of anilines is 2. The Morgan fingerprint density at radius 1 is 0.964 bits per heavy atom. The van der Waals surface area contributed by atoms with Crippen LogP contribution >= 0.6 is 0 Å². The van der Waals surface area contributed by atoms with Gasteiger partial charge in [-0.1, -0.05) is 11.6 Å². The lowest BCUT2D eigenvalue weighted by molar-refractivity contribution is 0.415. The number of methoxy groups -OCH3 is 1. The number of nitrogens with one attached hydrogen (secondary N) is 2. The van der Waals surface area contributed by atoms with Crippen molar-refractivity contribution in [1.82, 2.24) is 19.9 Å². The zero-order chi connectivity index (χ0) is 19.7. The van der Waals surface area contributed by atoms with E-state index in [4.69, 9.17) is 4.74 Å². The van der Waals surface area contributed by atoms with Gasteiger partial charge in [0, 0.05) is 17.0 Å². The van der Waals surface area contributed by atoms with Crippen molar-refractivity contribution in [2.45, 2.75) is 13.8 Å². The first-order valence-electron chi connectivity index (χ1n) is 8.79. The summed E-state index contributed by atoms with van der Waals surface area (Å²) < 4.78 is 5.17. The highest BCUT2D eigenvalue weighted by atomic mass is 16.5. The molecule has 2 aromatic heterocycles. The Morgan fingerprint density at radius 2 is 1.75 bits per heavy atom. The fourth-order valence-electron chi connectivity index (χ4n) is 2.98. The van der Waals surface area contributed by atoms with Gasteiger partial charge in [-0.05, 0) is 50.2 Å². The van der Waals surface area contributed by atoms with Crippen molar-refractivity contribution in [3.63, 3.8) is 0 Å². The molecule has 0 aliphatic carbocycles. The Hall–Kier alpha value is -3.74. The van der Waals surface area contributed by atoms with Gasteiger partial charge in [-0.3, -0.25) is 15.1 Å². The van der Waals surface area contributed by atoms with Crippen molar-refractivity contribution in [2.24, 2.45) is 0 Å². The molecular formula is C21H19N5O2. The molecule has 2 aromatic carbocycles. The highest BCUT2D eigenvalue weighted by Gasteiger charge is 2.09. The van der Waals surface area contributed by atoms with E-state index >= 15 is 0 Å². The highest BCUT2D eigenvalue weighted by Crippen LogP contribution is 2.22. The van der Waals surface area contributed by atoms with Gasteiger partial charge in [0.05, 0.1) is 24.0 Å². The molecule has 0 aliphatic heterocycles. The molecule has 0 unspecified atom stereocenters. The quantitative estimate of drug-likeness (QED) is 0.566. The molecule has 4 rings (SSSR count). The molecule has 0 saturated heterocycles.